The maximum absolute atomic E-state index is 12.4. The molecule has 3 rings (SSSR count). The van der Waals surface area contributed by atoms with E-state index in [0.29, 0.717) is 32.6 Å². The number of hydrogen-bond acceptors (Lipinski definition) is 4. The molecule has 0 aromatic heterocycles. The maximum atomic E-state index is 12.4. The summed E-state index contributed by atoms with van der Waals surface area (Å²) in [6.07, 6.45) is 7.78. The Morgan fingerprint density at radius 3 is 2.27 bits per heavy atom. The fraction of sp³-hybridized carbons (Fsp3) is 0.944. The van der Waals surface area contributed by atoms with Gasteiger partial charge in [-0.1, -0.05) is 12.8 Å². The molecule has 0 bridgehead atoms. The van der Waals surface area contributed by atoms with E-state index in [0.717, 1.165) is 37.4 Å². The van der Waals surface area contributed by atoms with Crippen LogP contribution < -0.4 is 5.32 Å². The summed E-state index contributed by atoms with van der Waals surface area (Å²) in [7, 11) is -3.18. The summed E-state index contributed by atoms with van der Waals surface area (Å²) in [6, 6.07) is 0. The first-order valence-corrected chi connectivity index (χ1v) is 11.6. The van der Waals surface area contributed by atoms with Crippen LogP contribution in [0, 0.1) is 11.8 Å². The lowest BCUT2D eigenvalue weighted by Crippen LogP contribution is -2.48. The Balaban J connectivity index is 0.00000243. The van der Waals surface area contributed by atoms with E-state index in [2.05, 4.69) is 17.1 Å². The molecule has 1 aliphatic carbocycles. The zero-order chi connectivity index (χ0) is 17.9. The van der Waals surface area contributed by atoms with E-state index >= 15 is 0 Å². The van der Waals surface area contributed by atoms with E-state index < -0.39 is 14.6 Å². The number of rotatable bonds is 4. The van der Waals surface area contributed by atoms with Gasteiger partial charge < -0.3 is 15.0 Å². The summed E-state index contributed by atoms with van der Waals surface area (Å²) in [5, 5.41) is 3.39. The molecular weight excluding hydrogens is 465 g/mol. The Labute approximate surface area is 175 Å². The lowest BCUT2D eigenvalue weighted by molar-refractivity contribution is 0.0767. The Kier molecular flexibility index (Phi) is 8.03. The van der Waals surface area contributed by atoms with Crippen LogP contribution in [0.3, 0.4) is 0 Å². The number of guanidine groups is 1. The third-order valence-electron chi connectivity index (χ3n) is 6.32. The Bertz CT molecular complexity index is 576. The van der Waals surface area contributed by atoms with Gasteiger partial charge in [-0.25, -0.2) is 8.42 Å². The monoisotopic (exact) mass is 499 g/mol. The molecule has 2 saturated heterocycles. The predicted molar refractivity (Wildman–Crippen MR) is 116 cm³/mol. The zero-order valence-corrected chi connectivity index (χ0v) is 19.2. The third kappa shape index (κ3) is 4.84. The molecule has 1 saturated carbocycles. The minimum atomic E-state index is -3.18. The topological polar surface area (TPSA) is 71.0 Å². The van der Waals surface area contributed by atoms with Gasteiger partial charge >= 0.3 is 0 Å². The van der Waals surface area contributed by atoms with Crippen molar-refractivity contribution in [2.24, 2.45) is 16.8 Å². The second-order valence-electron chi connectivity index (χ2n) is 7.95. The van der Waals surface area contributed by atoms with Gasteiger partial charge in [0.2, 0.25) is 0 Å². The molecule has 6 nitrogen and oxygen atoms in total. The molecule has 2 atom stereocenters. The molecule has 2 aliphatic heterocycles. The smallest absolute Gasteiger partial charge is 0.193 e. The second kappa shape index (κ2) is 9.41. The maximum Gasteiger partial charge on any atom is 0.193 e. The van der Waals surface area contributed by atoms with E-state index in [1.165, 1.54) is 31.9 Å². The summed E-state index contributed by atoms with van der Waals surface area (Å²) in [4.78, 5) is 7.17. The summed E-state index contributed by atoms with van der Waals surface area (Å²) >= 11 is 0. The first-order valence-electron chi connectivity index (χ1n) is 9.76. The molecule has 0 spiro atoms. The molecule has 0 aromatic rings. The molecule has 0 radical (unpaired) electrons. The van der Waals surface area contributed by atoms with Crippen molar-refractivity contribution >= 4 is 39.8 Å². The van der Waals surface area contributed by atoms with E-state index in [1.54, 1.807) is 0 Å². The van der Waals surface area contributed by atoms with Gasteiger partial charge in [0.05, 0.1) is 11.3 Å². The average Bonchev–Trinajstić information content (AvgIpc) is 3.02. The number of nitrogens with one attached hydrogen (secondary N) is 1. The quantitative estimate of drug-likeness (QED) is 0.365. The van der Waals surface area contributed by atoms with Gasteiger partial charge in [-0.2, -0.15) is 0 Å². The van der Waals surface area contributed by atoms with Crippen molar-refractivity contribution in [1.82, 2.24) is 10.2 Å². The van der Waals surface area contributed by atoms with Crippen molar-refractivity contribution in [1.29, 1.82) is 0 Å². The summed E-state index contributed by atoms with van der Waals surface area (Å²) < 4.78 is 29.5. The fourth-order valence-electron chi connectivity index (χ4n) is 4.61. The third-order valence-corrected chi connectivity index (χ3v) is 8.43. The molecule has 1 N–H and O–H groups in total. The Hall–Kier alpha value is -0.0900. The lowest BCUT2D eigenvalue weighted by Gasteiger charge is -2.34. The molecular formula is C18H34IN3O3S. The molecule has 26 heavy (non-hydrogen) atoms. The van der Waals surface area contributed by atoms with Crippen LogP contribution in [0.5, 0.6) is 0 Å². The van der Waals surface area contributed by atoms with Crippen molar-refractivity contribution in [2.45, 2.75) is 50.2 Å². The van der Waals surface area contributed by atoms with Crippen LogP contribution in [-0.2, 0) is 14.6 Å². The Morgan fingerprint density at radius 2 is 1.77 bits per heavy atom. The van der Waals surface area contributed by atoms with Crippen LogP contribution in [0.15, 0.2) is 4.99 Å². The number of likely N-dealkylation sites (tertiary alicyclic amines) is 1. The first kappa shape index (κ1) is 22.2. The summed E-state index contributed by atoms with van der Waals surface area (Å²) in [5.74, 6) is 2.46. The van der Waals surface area contributed by atoms with Crippen molar-refractivity contribution in [3.63, 3.8) is 0 Å². The standard InChI is InChI=1S/C18H33N3O3S.HI/c1-3-19-17(21-12-15-6-4-5-7-16(15)13-21)20-14-18(25(2,22)23)8-10-24-11-9-18;/h15-16H,3-14H2,1-2H3,(H,19,20);1H. The molecule has 0 aromatic carbocycles. The minimum absolute atomic E-state index is 0. The molecule has 3 aliphatic rings. The number of aliphatic imine (C=N–C) groups is 1. The fourth-order valence-corrected chi connectivity index (χ4v) is 5.82. The van der Waals surface area contributed by atoms with Gasteiger partial charge in [-0.3, -0.25) is 4.99 Å². The van der Waals surface area contributed by atoms with Crippen molar-refractivity contribution < 1.29 is 13.2 Å². The van der Waals surface area contributed by atoms with Gasteiger partial charge in [0.1, 0.15) is 0 Å². The zero-order valence-electron chi connectivity index (χ0n) is 16.1. The lowest BCUT2D eigenvalue weighted by atomic mass is 9.82. The largest absolute Gasteiger partial charge is 0.381 e. The Morgan fingerprint density at radius 1 is 1.19 bits per heavy atom. The number of sulfone groups is 1. The van der Waals surface area contributed by atoms with Crippen LogP contribution in [0.25, 0.3) is 0 Å². The van der Waals surface area contributed by atoms with Crippen molar-refractivity contribution in [3.8, 4) is 0 Å². The normalized spacial score (nSPS) is 29.0. The molecule has 0 amide bonds. The van der Waals surface area contributed by atoms with Crippen LogP contribution in [0.4, 0.5) is 0 Å². The predicted octanol–water partition coefficient (Wildman–Crippen LogP) is 2.29. The second-order valence-corrected chi connectivity index (χ2v) is 10.4. The first-order chi connectivity index (χ1) is 12.0. The van der Waals surface area contributed by atoms with Crippen molar-refractivity contribution in [2.75, 3.05) is 45.6 Å². The molecule has 2 heterocycles. The summed E-state index contributed by atoms with van der Waals surface area (Å²) in [6.45, 7) is 6.35. The highest BCUT2D eigenvalue weighted by Gasteiger charge is 2.43. The molecule has 2 unspecified atom stereocenters. The van der Waals surface area contributed by atoms with E-state index in [4.69, 9.17) is 9.73 Å². The highest BCUT2D eigenvalue weighted by atomic mass is 127. The van der Waals surface area contributed by atoms with Crippen molar-refractivity contribution in [3.05, 3.63) is 0 Å². The number of halogens is 1. The van der Waals surface area contributed by atoms with Crippen LogP contribution in [0.1, 0.15) is 45.4 Å². The van der Waals surface area contributed by atoms with Gasteiger partial charge in [0.25, 0.3) is 0 Å². The number of fused-ring (bicyclic) bond motifs is 1. The molecule has 3 fully saturated rings. The average molecular weight is 499 g/mol. The summed E-state index contributed by atoms with van der Waals surface area (Å²) in [5.41, 5.74) is 0. The number of nitrogens with zero attached hydrogens (tertiary/aromatic N) is 2. The van der Waals surface area contributed by atoms with Gasteiger partial charge in [0, 0.05) is 39.1 Å². The van der Waals surface area contributed by atoms with Crippen LogP contribution in [-0.4, -0.2) is 69.7 Å². The van der Waals surface area contributed by atoms with Gasteiger partial charge in [-0.15, -0.1) is 24.0 Å². The SMILES string of the molecule is CCNC(=NCC1(S(C)(=O)=O)CCOCC1)N1CC2CCCCC2C1.I. The highest BCUT2D eigenvalue weighted by molar-refractivity contribution is 14.0. The van der Waals surface area contributed by atoms with E-state index in [-0.39, 0.29) is 24.0 Å². The van der Waals surface area contributed by atoms with Gasteiger partial charge in [-0.05, 0) is 44.4 Å². The van der Waals surface area contributed by atoms with Gasteiger partial charge in [0.15, 0.2) is 15.8 Å². The van der Waals surface area contributed by atoms with Crippen LogP contribution in [0.2, 0.25) is 0 Å². The molecule has 152 valence electrons. The van der Waals surface area contributed by atoms with Crippen LogP contribution >= 0.6 is 24.0 Å². The highest BCUT2D eigenvalue weighted by Crippen LogP contribution is 2.36. The van der Waals surface area contributed by atoms with E-state index in [1.807, 2.05) is 0 Å². The number of hydrogen-bond donors (Lipinski definition) is 1. The van der Waals surface area contributed by atoms with E-state index in [9.17, 15) is 8.42 Å². The molecule has 8 heteroatoms. The minimum Gasteiger partial charge on any atom is -0.381 e. The number of ether oxygens (including phenoxy) is 1.